The van der Waals surface area contributed by atoms with Gasteiger partial charge in [0.05, 0.1) is 6.42 Å². The molecule has 1 aliphatic carbocycles. The number of carboxylic acid groups (broad SMARTS) is 1. The van der Waals surface area contributed by atoms with E-state index >= 15 is 0 Å². The first-order chi connectivity index (χ1) is 8.16. The van der Waals surface area contributed by atoms with Crippen molar-refractivity contribution >= 4 is 5.97 Å². The molecule has 2 fully saturated rings. The summed E-state index contributed by atoms with van der Waals surface area (Å²) in [5.74, 6) is 0.164. The predicted octanol–water partition coefficient (Wildman–Crippen LogP) is 1.27. The van der Waals surface area contributed by atoms with Crippen LogP contribution in [0.25, 0.3) is 0 Å². The molecule has 0 amide bonds. The summed E-state index contributed by atoms with van der Waals surface area (Å²) in [4.78, 5) is 15.4. The van der Waals surface area contributed by atoms with Crippen molar-refractivity contribution in [2.75, 3.05) is 32.7 Å². The van der Waals surface area contributed by atoms with Crippen LogP contribution in [0, 0.1) is 5.92 Å². The first kappa shape index (κ1) is 12.8. The van der Waals surface area contributed by atoms with Crippen LogP contribution >= 0.6 is 0 Å². The zero-order valence-corrected chi connectivity index (χ0v) is 10.8. The lowest BCUT2D eigenvalue weighted by atomic mass is 10.0. The van der Waals surface area contributed by atoms with Crippen LogP contribution in [0.4, 0.5) is 0 Å². The van der Waals surface area contributed by atoms with Gasteiger partial charge in [0.25, 0.3) is 0 Å². The van der Waals surface area contributed by atoms with Gasteiger partial charge < -0.3 is 10.0 Å². The van der Waals surface area contributed by atoms with Crippen molar-refractivity contribution in [3.63, 3.8) is 0 Å². The van der Waals surface area contributed by atoms with Gasteiger partial charge in [0, 0.05) is 38.8 Å². The molecule has 2 rings (SSSR count). The Hall–Kier alpha value is -0.610. The molecule has 2 unspecified atom stereocenters. The smallest absolute Gasteiger partial charge is 0.304 e. The minimum absolute atomic E-state index is 0.278. The number of piperazine rings is 1. The molecular weight excluding hydrogens is 216 g/mol. The number of hydrogen-bond acceptors (Lipinski definition) is 3. The van der Waals surface area contributed by atoms with Gasteiger partial charge in [-0.15, -0.1) is 0 Å². The maximum absolute atomic E-state index is 10.5. The molecule has 0 radical (unpaired) electrons. The molecule has 1 aliphatic heterocycles. The highest BCUT2D eigenvalue weighted by atomic mass is 16.4. The van der Waals surface area contributed by atoms with E-state index in [4.69, 9.17) is 5.11 Å². The van der Waals surface area contributed by atoms with E-state index in [0.29, 0.717) is 6.54 Å². The Morgan fingerprint density at radius 2 is 1.94 bits per heavy atom. The lowest BCUT2D eigenvalue weighted by molar-refractivity contribution is -0.137. The number of aliphatic carboxylic acids is 1. The Labute approximate surface area is 104 Å². The maximum Gasteiger partial charge on any atom is 0.304 e. The van der Waals surface area contributed by atoms with E-state index in [1.807, 2.05) is 0 Å². The number of nitrogens with zero attached hydrogens (tertiary/aromatic N) is 2. The summed E-state index contributed by atoms with van der Waals surface area (Å²) in [5, 5.41) is 8.67. The molecular formula is C13H24N2O2. The van der Waals surface area contributed by atoms with Gasteiger partial charge in [-0.25, -0.2) is 0 Å². The molecule has 98 valence electrons. The average molecular weight is 240 g/mol. The summed E-state index contributed by atoms with van der Waals surface area (Å²) < 4.78 is 0. The van der Waals surface area contributed by atoms with Gasteiger partial charge in [-0.3, -0.25) is 9.69 Å². The van der Waals surface area contributed by atoms with E-state index in [-0.39, 0.29) is 6.42 Å². The summed E-state index contributed by atoms with van der Waals surface area (Å²) in [6, 6.07) is 0.789. The Balaban J connectivity index is 1.72. The molecule has 17 heavy (non-hydrogen) atoms. The lowest BCUT2D eigenvalue weighted by Gasteiger charge is -2.39. The Morgan fingerprint density at radius 3 is 2.47 bits per heavy atom. The van der Waals surface area contributed by atoms with Crippen molar-refractivity contribution in [3.05, 3.63) is 0 Å². The fraction of sp³-hybridized carbons (Fsp3) is 0.923. The van der Waals surface area contributed by atoms with Gasteiger partial charge in [-0.2, -0.15) is 0 Å². The number of hydrogen-bond donors (Lipinski definition) is 1. The van der Waals surface area contributed by atoms with Crippen molar-refractivity contribution in [2.24, 2.45) is 5.92 Å². The predicted molar refractivity (Wildman–Crippen MR) is 67.1 cm³/mol. The molecule has 1 saturated heterocycles. The van der Waals surface area contributed by atoms with Gasteiger partial charge in [-0.05, 0) is 18.8 Å². The van der Waals surface area contributed by atoms with Crippen molar-refractivity contribution in [1.82, 2.24) is 9.80 Å². The fourth-order valence-electron chi connectivity index (χ4n) is 3.24. The molecule has 4 heteroatoms. The zero-order chi connectivity index (χ0) is 12.3. The molecule has 1 heterocycles. The number of carbonyl (C=O) groups is 1. The van der Waals surface area contributed by atoms with E-state index in [9.17, 15) is 4.79 Å². The molecule has 2 aliphatic rings. The number of carboxylic acids is 1. The fourth-order valence-corrected chi connectivity index (χ4v) is 3.24. The van der Waals surface area contributed by atoms with E-state index in [1.54, 1.807) is 0 Å². The van der Waals surface area contributed by atoms with E-state index in [0.717, 1.165) is 38.1 Å². The van der Waals surface area contributed by atoms with Crippen LogP contribution in [-0.4, -0.2) is 59.6 Å². The highest BCUT2D eigenvalue weighted by Gasteiger charge is 2.30. The Kier molecular flexibility index (Phi) is 4.40. The van der Waals surface area contributed by atoms with Crippen LogP contribution < -0.4 is 0 Å². The second kappa shape index (κ2) is 5.83. The molecule has 4 nitrogen and oxygen atoms in total. The van der Waals surface area contributed by atoms with E-state index in [2.05, 4.69) is 16.7 Å². The van der Waals surface area contributed by atoms with Crippen LogP contribution in [0.1, 0.15) is 32.6 Å². The molecule has 0 aromatic carbocycles. The molecule has 1 N–H and O–H groups in total. The quantitative estimate of drug-likeness (QED) is 0.803. The Morgan fingerprint density at radius 1 is 1.24 bits per heavy atom. The van der Waals surface area contributed by atoms with E-state index < -0.39 is 5.97 Å². The SMILES string of the molecule is CC1CCCC1N1CCN(CCC(=O)O)CC1. The Bertz CT molecular complexity index is 262. The first-order valence-corrected chi connectivity index (χ1v) is 6.85. The highest BCUT2D eigenvalue weighted by molar-refractivity contribution is 5.66. The maximum atomic E-state index is 10.5. The molecule has 1 saturated carbocycles. The van der Waals surface area contributed by atoms with Crippen molar-refractivity contribution in [3.8, 4) is 0 Å². The third-order valence-electron chi connectivity index (χ3n) is 4.33. The number of rotatable bonds is 4. The monoisotopic (exact) mass is 240 g/mol. The van der Waals surface area contributed by atoms with Crippen LogP contribution in [0.2, 0.25) is 0 Å². The third-order valence-corrected chi connectivity index (χ3v) is 4.33. The lowest BCUT2D eigenvalue weighted by Crippen LogP contribution is -2.51. The van der Waals surface area contributed by atoms with Crippen molar-refractivity contribution < 1.29 is 9.90 Å². The summed E-state index contributed by atoms with van der Waals surface area (Å²) in [7, 11) is 0. The summed E-state index contributed by atoms with van der Waals surface area (Å²) in [6.07, 6.45) is 4.39. The standard InChI is InChI=1S/C13H24N2O2/c1-11-3-2-4-12(11)15-9-7-14(8-10-15)6-5-13(16)17/h11-12H,2-10H2,1H3,(H,16,17). The average Bonchev–Trinajstić information content (AvgIpc) is 2.73. The second-order valence-electron chi connectivity index (χ2n) is 5.50. The van der Waals surface area contributed by atoms with Crippen LogP contribution in [-0.2, 0) is 4.79 Å². The first-order valence-electron chi connectivity index (χ1n) is 6.85. The van der Waals surface area contributed by atoms with Crippen molar-refractivity contribution in [1.29, 1.82) is 0 Å². The minimum atomic E-state index is -0.683. The second-order valence-corrected chi connectivity index (χ2v) is 5.50. The minimum Gasteiger partial charge on any atom is -0.481 e. The normalized spacial score (nSPS) is 31.8. The van der Waals surface area contributed by atoms with Crippen molar-refractivity contribution in [2.45, 2.75) is 38.6 Å². The van der Waals surface area contributed by atoms with Gasteiger partial charge in [0.1, 0.15) is 0 Å². The van der Waals surface area contributed by atoms with Gasteiger partial charge in [-0.1, -0.05) is 13.3 Å². The van der Waals surface area contributed by atoms with Gasteiger partial charge in [0.2, 0.25) is 0 Å². The third kappa shape index (κ3) is 3.42. The molecule has 0 aromatic heterocycles. The van der Waals surface area contributed by atoms with Crippen LogP contribution in [0.3, 0.4) is 0 Å². The molecule has 0 aromatic rings. The van der Waals surface area contributed by atoms with Gasteiger partial charge in [0.15, 0.2) is 0 Å². The zero-order valence-electron chi connectivity index (χ0n) is 10.8. The topological polar surface area (TPSA) is 43.8 Å². The summed E-state index contributed by atoms with van der Waals surface area (Å²) >= 11 is 0. The van der Waals surface area contributed by atoms with Crippen LogP contribution in [0.5, 0.6) is 0 Å². The summed E-state index contributed by atoms with van der Waals surface area (Å²) in [6.45, 7) is 7.40. The highest BCUT2D eigenvalue weighted by Crippen LogP contribution is 2.29. The van der Waals surface area contributed by atoms with Crippen LogP contribution in [0.15, 0.2) is 0 Å². The van der Waals surface area contributed by atoms with E-state index in [1.165, 1.54) is 19.3 Å². The largest absolute Gasteiger partial charge is 0.481 e. The molecule has 2 atom stereocenters. The van der Waals surface area contributed by atoms with Gasteiger partial charge >= 0.3 is 5.97 Å². The molecule has 0 spiro atoms. The molecule has 0 bridgehead atoms. The summed E-state index contributed by atoms with van der Waals surface area (Å²) in [5.41, 5.74) is 0.